The number of carbonyl (C=O) groups is 1. The molecule has 1 aliphatic carbocycles. The van der Waals surface area contributed by atoms with Gasteiger partial charge in [0.1, 0.15) is 0 Å². The Morgan fingerprint density at radius 1 is 1.37 bits per heavy atom. The summed E-state index contributed by atoms with van der Waals surface area (Å²) in [5.74, 6) is -0.101. The number of carbonyl (C=O) groups excluding carboxylic acids is 1. The van der Waals surface area contributed by atoms with E-state index >= 15 is 0 Å². The van der Waals surface area contributed by atoms with Crippen LogP contribution in [0.2, 0.25) is 0 Å². The molecular formula is C21H28N4O2. The monoisotopic (exact) mass is 368 g/mol. The van der Waals surface area contributed by atoms with Crippen molar-refractivity contribution in [1.29, 1.82) is 0 Å². The van der Waals surface area contributed by atoms with Gasteiger partial charge in [0, 0.05) is 23.9 Å². The zero-order valence-electron chi connectivity index (χ0n) is 16.4. The lowest BCUT2D eigenvalue weighted by molar-refractivity contribution is -0.141. The second-order valence-corrected chi connectivity index (χ2v) is 7.99. The Morgan fingerprint density at radius 2 is 2.15 bits per heavy atom. The molecule has 6 nitrogen and oxygen atoms in total. The molecule has 1 atom stereocenters. The van der Waals surface area contributed by atoms with Crippen molar-refractivity contribution in [3.05, 3.63) is 29.5 Å². The van der Waals surface area contributed by atoms with Crippen LogP contribution in [0, 0.1) is 6.92 Å². The number of hydrogen-bond acceptors (Lipinski definition) is 4. The molecule has 0 saturated heterocycles. The third kappa shape index (κ3) is 3.22. The standard InChI is InChI=1S/C21H28N4O2/c1-4-11-22-20(26)21(3)13-18(24-27-21)15-9-10-17-14(2)23-25(19(17)12-15)16-7-5-6-8-16/h9-10,12,16H,4-8,11,13H2,1-3H3,(H,22,26). The third-order valence-corrected chi connectivity index (χ3v) is 5.77. The summed E-state index contributed by atoms with van der Waals surface area (Å²) in [7, 11) is 0. The fourth-order valence-electron chi connectivity index (χ4n) is 4.15. The molecule has 4 rings (SSSR count). The molecule has 144 valence electrons. The van der Waals surface area contributed by atoms with Gasteiger partial charge in [0.25, 0.3) is 5.91 Å². The van der Waals surface area contributed by atoms with Crippen LogP contribution in [0.25, 0.3) is 10.9 Å². The smallest absolute Gasteiger partial charge is 0.267 e. The Balaban J connectivity index is 1.61. The number of rotatable bonds is 5. The topological polar surface area (TPSA) is 68.5 Å². The van der Waals surface area contributed by atoms with Gasteiger partial charge in [0.05, 0.1) is 23.0 Å². The number of benzene rings is 1. The van der Waals surface area contributed by atoms with Crippen molar-refractivity contribution in [2.75, 3.05) is 6.54 Å². The van der Waals surface area contributed by atoms with E-state index in [1.54, 1.807) is 6.92 Å². The molecule has 1 fully saturated rings. The van der Waals surface area contributed by atoms with E-state index in [-0.39, 0.29) is 5.91 Å². The maximum atomic E-state index is 12.4. The zero-order chi connectivity index (χ0) is 19.0. The van der Waals surface area contributed by atoms with E-state index in [4.69, 9.17) is 9.94 Å². The molecular weight excluding hydrogens is 340 g/mol. The lowest BCUT2D eigenvalue weighted by Crippen LogP contribution is -2.45. The maximum absolute atomic E-state index is 12.4. The van der Waals surface area contributed by atoms with Crippen molar-refractivity contribution in [2.45, 2.75) is 70.9 Å². The van der Waals surface area contributed by atoms with Crippen molar-refractivity contribution in [3.8, 4) is 0 Å². The number of amides is 1. The van der Waals surface area contributed by atoms with Gasteiger partial charge >= 0.3 is 0 Å². The van der Waals surface area contributed by atoms with Crippen LogP contribution in [0.15, 0.2) is 23.4 Å². The second-order valence-electron chi connectivity index (χ2n) is 7.99. The highest BCUT2D eigenvalue weighted by molar-refractivity contribution is 6.07. The van der Waals surface area contributed by atoms with Gasteiger partial charge in [0.15, 0.2) is 0 Å². The molecule has 1 saturated carbocycles. The highest BCUT2D eigenvalue weighted by atomic mass is 16.7. The Labute approximate surface area is 159 Å². The quantitative estimate of drug-likeness (QED) is 0.871. The third-order valence-electron chi connectivity index (χ3n) is 5.77. The minimum Gasteiger partial charge on any atom is -0.379 e. The molecule has 1 aromatic carbocycles. The van der Waals surface area contributed by atoms with Crippen LogP contribution in [-0.4, -0.2) is 33.5 Å². The lowest BCUT2D eigenvalue weighted by atomic mass is 9.94. The van der Waals surface area contributed by atoms with Crippen molar-refractivity contribution in [1.82, 2.24) is 15.1 Å². The van der Waals surface area contributed by atoms with E-state index in [2.05, 4.69) is 40.3 Å². The van der Waals surface area contributed by atoms with Gasteiger partial charge in [-0.15, -0.1) is 0 Å². The molecule has 1 amide bonds. The number of fused-ring (bicyclic) bond motifs is 1. The van der Waals surface area contributed by atoms with Gasteiger partial charge < -0.3 is 10.2 Å². The first kappa shape index (κ1) is 18.0. The molecule has 27 heavy (non-hydrogen) atoms. The molecule has 0 bridgehead atoms. The minimum absolute atomic E-state index is 0.101. The summed E-state index contributed by atoms with van der Waals surface area (Å²) in [5.41, 5.74) is 3.12. The average molecular weight is 368 g/mol. The van der Waals surface area contributed by atoms with Gasteiger partial charge in [-0.3, -0.25) is 9.48 Å². The summed E-state index contributed by atoms with van der Waals surface area (Å²) in [6.07, 6.45) is 6.31. The first-order chi connectivity index (χ1) is 13.0. The Kier molecular flexibility index (Phi) is 4.66. The maximum Gasteiger partial charge on any atom is 0.267 e. The highest BCUT2D eigenvalue weighted by Gasteiger charge is 2.42. The Hall–Kier alpha value is -2.37. The molecule has 2 heterocycles. The average Bonchev–Trinajstić information content (AvgIpc) is 3.39. The van der Waals surface area contributed by atoms with Crippen LogP contribution in [-0.2, 0) is 9.63 Å². The Morgan fingerprint density at radius 3 is 2.89 bits per heavy atom. The predicted octanol–water partition coefficient (Wildman–Crippen LogP) is 3.87. The second kappa shape index (κ2) is 6.98. The molecule has 2 aromatic rings. The van der Waals surface area contributed by atoms with E-state index in [1.165, 1.54) is 31.1 Å². The molecule has 1 aliphatic heterocycles. The summed E-state index contributed by atoms with van der Waals surface area (Å²) in [6.45, 7) is 6.56. The van der Waals surface area contributed by atoms with Gasteiger partial charge in [-0.25, -0.2) is 0 Å². The van der Waals surface area contributed by atoms with E-state index in [1.807, 2.05) is 6.92 Å². The van der Waals surface area contributed by atoms with Crippen LogP contribution >= 0.6 is 0 Å². The lowest BCUT2D eigenvalue weighted by Gasteiger charge is -2.20. The predicted molar refractivity (Wildman–Crippen MR) is 106 cm³/mol. The summed E-state index contributed by atoms with van der Waals surface area (Å²) >= 11 is 0. The summed E-state index contributed by atoms with van der Waals surface area (Å²) in [4.78, 5) is 18.0. The summed E-state index contributed by atoms with van der Waals surface area (Å²) in [5, 5.41) is 13.2. The summed E-state index contributed by atoms with van der Waals surface area (Å²) in [6, 6.07) is 6.83. The molecule has 1 N–H and O–H groups in total. The Bertz CT molecular complexity index is 895. The van der Waals surface area contributed by atoms with E-state index in [9.17, 15) is 4.79 Å². The molecule has 6 heteroatoms. The van der Waals surface area contributed by atoms with Crippen LogP contribution < -0.4 is 5.32 Å². The fraction of sp³-hybridized carbons (Fsp3) is 0.571. The van der Waals surface area contributed by atoms with E-state index < -0.39 is 5.60 Å². The van der Waals surface area contributed by atoms with Crippen molar-refractivity contribution < 1.29 is 9.63 Å². The molecule has 1 unspecified atom stereocenters. The largest absolute Gasteiger partial charge is 0.379 e. The van der Waals surface area contributed by atoms with Crippen LogP contribution in [0.4, 0.5) is 0 Å². The van der Waals surface area contributed by atoms with Gasteiger partial charge in [-0.05, 0) is 39.2 Å². The highest BCUT2D eigenvalue weighted by Crippen LogP contribution is 2.34. The molecule has 0 spiro atoms. The molecule has 1 aromatic heterocycles. The number of hydrogen-bond donors (Lipinski definition) is 1. The summed E-state index contributed by atoms with van der Waals surface area (Å²) < 4.78 is 2.20. The van der Waals surface area contributed by atoms with Gasteiger partial charge in [0.2, 0.25) is 5.60 Å². The number of nitrogens with one attached hydrogen (secondary N) is 1. The van der Waals surface area contributed by atoms with Gasteiger partial charge in [-0.1, -0.05) is 37.1 Å². The minimum atomic E-state index is -0.929. The zero-order valence-corrected chi connectivity index (χ0v) is 16.4. The van der Waals surface area contributed by atoms with Crippen LogP contribution in [0.3, 0.4) is 0 Å². The first-order valence-corrected chi connectivity index (χ1v) is 10.0. The van der Waals surface area contributed by atoms with Crippen LogP contribution in [0.5, 0.6) is 0 Å². The first-order valence-electron chi connectivity index (χ1n) is 10.0. The van der Waals surface area contributed by atoms with Gasteiger partial charge in [-0.2, -0.15) is 5.10 Å². The molecule has 0 radical (unpaired) electrons. The van der Waals surface area contributed by atoms with Crippen molar-refractivity contribution in [3.63, 3.8) is 0 Å². The van der Waals surface area contributed by atoms with Crippen molar-refractivity contribution in [2.24, 2.45) is 5.16 Å². The van der Waals surface area contributed by atoms with E-state index in [0.717, 1.165) is 28.9 Å². The number of aromatic nitrogens is 2. The van der Waals surface area contributed by atoms with Crippen LogP contribution in [0.1, 0.15) is 69.7 Å². The van der Waals surface area contributed by atoms with Crippen molar-refractivity contribution >= 4 is 22.5 Å². The number of aryl methyl sites for hydroxylation is 1. The number of oxime groups is 1. The van der Waals surface area contributed by atoms with E-state index in [0.29, 0.717) is 19.0 Å². The normalized spacial score (nSPS) is 22.9. The SMILES string of the molecule is CCCNC(=O)C1(C)CC(c2ccc3c(C)nn(C4CCCC4)c3c2)=NO1. The number of nitrogens with zero attached hydrogens (tertiary/aromatic N) is 3. The fourth-order valence-corrected chi connectivity index (χ4v) is 4.15. The molecule has 2 aliphatic rings.